The Labute approximate surface area is 210 Å². The van der Waals surface area contributed by atoms with E-state index < -0.39 is 0 Å². The lowest BCUT2D eigenvalue weighted by Gasteiger charge is -2.24. The first kappa shape index (κ1) is 21.3. The number of nitrogens with zero attached hydrogens (tertiary/aromatic N) is 6. The van der Waals surface area contributed by atoms with Gasteiger partial charge in [-0.15, -0.1) is 0 Å². The van der Waals surface area contributed by atoms with Crippen molar-refractivity contribution in [3.8, 4) is 34.0 Å². The average molecular weight is 488 g/mol. The second-order valence-corrected chi connectivity index (χ2v) is 9.12. The molecule has 0 atom stereocenters. The highest BCUT2D eigenvalue weighted by Crippen LogP contribution is 2.32. The summed E-state index contributed by atoms with van der Waals surface area (Å²) in [5, 5.41) is 11.4. The van der Waals surface area contributed by atoms with E-state index in [9.17, 15) is 4.79 Å². The fraction of sp³-hybridized carbons (Fsp3) is 0.148. The maximum atomic E-state index is 12.4. The Kier molecular flexibility index (Phi) is 4.95. The molecule has 10 heteroatoms. The molecule has 1 fully saturated rings. The molecule has 0 aliphatic heterocycles. The van der Waals surface area contributed by atoms with E-state index in [4.69, 9.17) is 4.98 Å². The van der Waals surface area contributed by atoms with Crippen molar-refractivity contribution < 1.29 is 4.79 Å². The number of fused-ring (bicyclic) bond motifs is 2. The number of pyridine rings is 4. The molecule has 0 bridgehead atoms. The van der Waals surface area contributed by atoms with Crippen LogP contribution in [0.15, 0.2) is 67.4 Å². The monoisotopic (exact) mass is 487 g/mol. The third kappa shape index (κ3) is 3.79. The van der Waals surface area contributed by atoms with Crippen LogP contribution >= 0.6 is 0 Å². The van der Waals surface area contributed by atoms with Gasteiger partial charge < -0.3 is 10.3 Å². The lowest BCUT2D eigenvalue weighted by atomic mass is 9.85. The molecule has 37 heavy (non-hydrogen) atoms. The average Bonchev–Trinajstić information content (AvgIpc) is 3.52. The highest BCUT2D eigenvalue weighted by molar-refractivity contribution is 5.97. The number of aromatic amines is 2. The predicted molar refractivity (Wildman–Crippen MR) is 139 cm³/mol. The van der Waals surface area contributed by atoms with Gasteiger partial charge in [-0.05, 0) is 43.2 Å². The zero-order valence-electron chi connectivity index (χ0n) is 19.6. The standard InChI is InChI=1S/C27H21N9O/c37-27(15-4-3-5-15)32-17-10-16(12-28-13-17)21-11-19-22(14-31-21)35-36-24(19)26-33-23-18(7-9-30-25(23)34-26)20-6-1-2-8-29-20/h1-2,6-15H,3-5H2,(H,32,37)(H,35,36)(H,30,33,34). The number of hydrogen-bond donors (Lipinski definition) is 3. The van der Waals surface area contributed by atoms with E-state index in [-0.39, 0.29) is 11.8 Å². The van der Waals surface area contributed by atoms with Gasteiger partial charge in [-0.25, -0.2) is 9.97 Å². The Hall–Kier alpha value is -4.99. The van der Waals surface area contributed by atoms with Crippen LogP contribution in [-0.2, 0) is 4.79 Å². The van der Waals surface area contributed by atoms with Gasteiger partial charge >= 0.3 is 0 Å². The number of carbonyl (C=O) groups is 1. The van der Waals surface area contributed by atoms with Crippen LogP contribution in [0.2, 0.25) is 0 Å². The molecule has 3 N–H and O–H groups in total. The minimum atomic E-state index is 0.0503. The van der Waals surface area contributed by atoms with Crippen LogP contribution in [0.1, 0.15) is 19.3 Å². The summed E-state index contributed by atoms with van der Waals surface area (Å²) in [6.07, 6.45) is 11.6. The molecule has 0 spiro atoms. The molecule has 1 aliphatic carbocycles. The zero-order chi connectivity index (χ0) is 24.8. The Morgan fingerprint density at radius 1 is 0.973 bits per heavy atom. The molecule has 7 rings (SSSR count). The molecule has 6 heterocycles. The quantitative estimate of drug-likeness (QED) is 0.319. The number of imidazole rings is 1. The van der Waals surface area contributed by atoms with E-state index in [1.807, 2.05) is 36.4 Å². The van der Waals surface area contributed by atoms with Crippen LogP contribution in [-0.4, -0.2) is 46.0 Å². The number of carbonyl (C=O) groups excluding carboxylic acids is 1. The largest absolute Gasteiger partial charge is 0.335 e. The number of rotatable bonds is 5. The molecule has 1 aliphatic rings. The topological polar surface area (TPSA) is 138 Å². The van der Waals surface area contributed by atoms with Crippen LogP contribution in [0.4, 0.5) is 5.69 Å². The van der Waals surface area contributed by atoms with Crippen LogP contribution in [0.3, 0.4) is 0 Å². The molecule has 0 radical (unpaired) electrons. The van der Waals surface area contributed by atoms with E-state index in [0.717, 1.165) is 52.5 Å². The summed E-state index contributed by atoms with van der Waals surface area (Å²) in [5.41, 5.74) is 6.73. The van der Waals surface area contributed by atoms with E-state index in [0.29, 0.717) is 28.5 Å². The molecular formula is C27H21N9O. The molecule has 10 nitrogen and oxygen atoms in total. The molecule has 0 unspecified atom stereocenters. The summed E-state index contributed by atoms with van der Waals surface area (Å²) in [7, 11) is 0. The fourth-order valence-corrected chi connectivity index (χ4v) is 4.58. The first-order valence-corrected chi connectivity index (χ1v) is 12.1. The van der Waals surface area contributed by atoms with Crippen molar-refractivity contribution in [2.75, 3.05) is 5.32 Å². The number of aromatic nitrogens is 8. The fourth-order valence-electron chi connectivity index (χ4n) is 4.58. The Morgan fingerprint density at radius 3 is 2.76 bits per heavy atom. The van der Waals surface area contributed by atoms with Crippen LogP contribution < -0.4 is 5.32 Å². The van der Waals surface area contributed by atoms with Gasteiger partial charge in [0.05, 0.1) is 40.5 Å². The van der Waals surface area contributed by atoms with Crippen molar-refractivity contribution in [3.05, 3.63) is 67.4 Å². The predicted octanol–water partition coefficient (Wildman–Crippen LogP) is 4.76. The SMILES string of the molecule is O=C(Nc1cncc(-c2cc3c(-c4nc5nccc(-c6ccccn6)c5[nH]4)n[nH]c3cn2)c1)C1CCC1. The smallest absolute Gasteiger partial charge is 0.227 e. The Balaban J connectivity index is 1.26. The van der Waals surface area contributed by atoms with E-state index in [2.05, 4.69) is 40.4 Å². The van der Waals surface area contributed by atoms with Gasteiger partial charge in [0.2, 0.25) is 5.91 Å². The van der Waals surface area contributed by atoms with Gasteiger partial charge in [-0.3, -0.25) is 24.8 Å². The third-order valence-corrected chi connectivity index (χ3v) is 6.78. The van der Waals surface area contributed by atoms with Crippen LogP contribution in [0.25, 0.3) is 56.1 Å². The van der Waals surface area contributed by atoms with Gasteiger partial charge in [0.1, 0.15) is 5.69 Å². The summed E-state index contributed by atoms with van der Waals surface area (Å²) in [5.74, 6) is 0.742. The first-order chi connectivity index (χ1) is 18.2. The zero-order valence-corrected chi connectivity index (χ0v) is 19.6. The summed E-state index contributed by atoms with van der Waals surface area (Å²) in [6, 6.07) is 11.5. The third-order valence-electron chi connectivity index (χ3n) is 6.78. The van der Waals surface area contributed by atoms with Gasteiger partial charge in [-0.2, -0.15) is 5.10 Å². The van der Waals surface area contributed by atoms with Gasteiger partial charge in [0.15, 0.2) is 11.5 Å². The molecule has 1 amide bonds. The molecule has 1 saturated carbocycles. The number of hydrogen-bond acceptors (Lipinski definition) is 7. The molecular weight excluding hydrogens is 466 g/mol. The van der Waals surface area contributed by atoms with Crippen LogP contribution in [0, 0.1) is 5.92 Å². The van der Waals surface area contributed by atoms with Crippen molar-refractivity contribution in [1.82, 2.24) is 40.1 Å². The molecule has 6 aromatic heterocycles. The molecule has 0 aromatic carbocycles. The van der Waals surface area contributed by atoms with Crippen molar-refractivity contribution in [3.63, 3.8) is 0 Å². The Morgan fingerprint density at radius 2 is 1.92 bits per heavy atom. The van der Waals surface area contributed by atoms with Gasteiger partial charge in [-0.1, -0.05) is 12.5 Å². The minimum absolute atomic E-state index is 0.0503. The minimum Gasteiger partial charge on any atom is -0.335 e. The lowest BCUT2D eigenvalue weighted by molar-refractivity contribution is -0.122. The molecule has 0 saturated heterocycles. The Bertz CT molecular complexity index is 1770. The van der Waals surface area contributed by atoms with E-state index in [1.54, 1.807) is 31.0 Å². The first-order valence-electron chi connectivity index (χ1n) is 12.1. The lowest BCUT2D eigenvalue weighted by Crippen LogP contribution is -2.28. The number of H-pyrrole nitrogens is 2. The second kappa shape index (κ2) is 8.59. The second-order valence-electron chi connectivity index (χ2n) is 9.12. The summed E-state index contributed by atoms with van der Waals surface area (Å²) >= 11 is 0. The van der Waals surface area contributed by atoms with Crippen molar-refractivity contribution in [2.45, 2.75) is 19.3 Å². The summed E-state index contributed by atoms with van der Waals surface area (Å²) in [6.45, 7) is 0. The normalized spacial score (nSPS) is 13.6. The van der Waals surface area contributed by atoms with Crippen molar-refractivity contribution in [1.29, 1.82) is 0 Å². The maximum absolute atomic E-state index is 12.4. The van der Waals surface area contributed by atoms with Crippen LogP contribution in [0.5, 0.6) is 0 Å². The van der Waals surface area contributed by atoms with Crippen molar-refractivity contribution in [2.24, 2.45) is 5.92 Å². The van der Waals surface area contributed by atoms with E-state index in [1.165, 1.54) is 0 Å². The molecule has 6 aromatic rings. The number of amides is 1. The highest BCUT2D eigenvalue weighted by Gasteiger charge is 2.25. The number of nitrogens with one attached hydrogen (secondary N) is 3. The van der Waals surface area contributed by atoms with Gasteiger partial charge in [0, 0.05) is 41.0 Å². The summed E-state index contributed by atoms with van der Waals surface area (Å²) in [4.78, 5) is 38.3. The maximum Gasteiger partial charge on any atom is 0.227 e. The summed E-state index contributed by atoms with van der Waals surface area (Å²) < 4.78 is 0. The van der Waals surface area contributed by atoms with Gasteiger partial charge in [0.25, 0.3) is 0 Å². The van der Waals surface area contributed by atoms with E-state index >= 15 is 0 Å². The van der Waals surface area contributed by atoms with Crippen molar-refractivity contribution >= 4 is 33.7 Å². The highest BCUT2D eigenvalue weighted by atomic mass is 16.1. The molecule has 180 valence electrons. The number of anilines is 1.